The van der Waals surface area contributed by atoms with Crippen LogP contribution in [0.25, 0.3) is 0 Å². The Morgan fingerprint density at radius 2 is 1.94 bits per heavy atom. The number of hydrogen-bond donors (Lipinski definition) is 1. The van der Waals surface area contributed by atoms with Crippen molar-refractivity contribution in [1.29, 1.82) is 0 Å². The van der Waals surface area contributed by atoms with Crippen LogP contribution in [0.15, 0.2) is 0 Å². The fourth-order valence-corrected chi connectivity index (χ4v) is 2.11. The normalized spacial score (nSPS) is 17.3. The van der Waals surface area contributed by atoms with Crippen molar-refractivity contribution in [3.05, 3.63) is 0 Å². The van der Waals surface area contributed by atoms with Crippen molar-refractivity contribution in [3.8, 4) is 0 Å². The highest BCUT2D eigenvalue weighted by Gasteiger charge is 2.23. The first-order chi connectivity index (χ1) is 8.54. The van der Waals surface area contributed by atoms with E-state index >= 15 is 0 Å². The minimum atomic E-state index is -0.955. The molecule has 0 aromatic rings. The molecule has 0 atom stereocenters. The summed E-state index contributed by atoms with van der Waals surface area (Å²) in [6.07, 6.45) is 1.71. The Balaban J connectivity index is 2.60. The van der Waals surface area contributed by atoms with Crippen LogP contribution in [0.1, 0.15) is 19.8 Å². The van der Waals surface area contributed by atoms with E-state index in [1.165, 1.54) is 4.90 Å². The van der Waals surface area contributed by atoms with Gasteiger partial charge in [0.1, 0.15) is 6.54 Å². The number of rotatable bonds is 4. The first-order valence-electron chi connectivity index (χ1n) is 6.48. The maximum atomic E-state index is 12.3. The summed E-state index contributed by atoms with van der Waals surface area (Å²) in [6, 6.07) is -0.144. The first kappa shape index (κ1) is 14.8. The number of aliphatic carboxylic acids is 1. The SMILES string of the molecule is CCCN(CC(=O)O)C(=O)N1CCCN(C)CC1. The largest absolute Gasteiger partial charge is 0.480 e. The lowest BCUT2D eigenvalue weighted by molar-refractivity contribution is -0.137. The molecule has 1 aliphatic rings. The van der Waals surface area contributed by atoms with E-state index in [1.807, 2.05) is 14.0 Å². The van der Waals surface area contributed by atoms with E-state index in [2.05, 4.69) is 4.90 Å². The average Bonchev–Trinajstić information content (AvgIpc) is 2.52. The summed E-state index contributed by atoms with van der Waals surface area (Å²) < 4.78 is 0. The predicted octanol–water partition coefficient (Wildman–Crippen LogP) is 0.541. The van der Waals surface area contributed by atoms with Gasteiger partial charge in [0.25, 0.3) is 0 Å². The van der Waals surface area contributed by atoms with Gasteiger partial charge in [0.2, 0.25) is 0 Å². The van der Waals surface area contributed by atoms with Crippen molar-refractivity contribution in [2.45, 2.75) is 19.8 Å². The van der Waals surface area contributed by atoms with Crippen molar-refractivity contribution in [2.75, 3.05) is 46.3 Å². The summed E-state index contributed by atoms with van der Waals surface area (Å²) in [5, 5.41) is 8.83. The van der Waals surface area contributed by atoms with Crippen LogP contribution in [0, 0.1) is 0 Å². The Labute approximate surface area is 108 Å². The van der Waals surface area contributed by atoms with Crippen LogP contribution >= 0.6 is 0 Å². The van der Waals surface area contributed by atoms with Crippen LogP contribution in [0.4, 0.5) is 4.79 Å². The topological polar surface area (TPSA) is 64.1 Å². The van der Waals surface area contributed by atoms with Crippen molar-refractivity contribution in [2.24, 2.45) is 0 Å². The fourth-order valence-electron chi connectivity index (χ4n) is 2.11. The average molecular weight is 257 g/mol. The summed E-state index contributed by atoms with van der Waals surface area (Å²) >= 11 is 0. The van der Waals surface area contributed by atoms with E-state index in [9.17, 15) is 9.59 Å². The van der Waals surface area contributed by atoms with Crippen LogP contribution in [0.3, 0.4) is 0 Å². The number of carbonyl (C=O) groups is 2. The molecule has 0 bridgehead atoms. The minimum Gasteiger partial charge on any atom is -0.480 e. The lowest BCUT2D eigenvalue weighted by Gasteiger charge is -2.28. The van der Waals surface area contributed by atoms with Crippen molar-refractivity contribution >= 4 is 12.0 Å². The zero-order chi connectivity index (χ0) is 13.5. The second kappa shape index (κ2) is 7.20. The molecule has 0 aromatic heterocycles. The van der Waals surface area contributed by atoms with E-state index in [4.69, 9.17) is 5.11 Å². The van der Waals surface area contributed by atoms with Gasteiger partial charge in [0, 0.05) is 26.2 Å². The highest BCUT2D eigenvalue weighted by Crippen LogP contribution is 2.06. The van der Waals surface area contributed by atoms with Gasteiger partial charge in [-0.1, -0.05) is 6.92 Å². The van der Waals surface area contributed by atoms with Gasteiger partial charge >= 0.3 is 12.0 Å². The number of carbonyl (C=O) groups excluding carboxylic acids is 1. The molecule has 1 fully saturated rings. The van der Waals surface area contributed by atoms with E-state index in [0.717, 1.165) is 25.9 Å². The third-order valence-electron chi connectivity index (χ3n) is 3.08. The third-order valence-corrected chi connectivity index (χ3v) is 3.08. The van der Waals surface area contributed by atoms with Gasteiger partial charge in [-0.3, -0.25) is 4.79 Å². The number of urea groups is 1. The Kier molecular flexibility index (Phi) is 5.91. The van der Waals surface area contributed by atoms with Crippen molar-refractivity contribution < 1.29 is 14.7 Å². The van der Waals surface area contributed by atoms with E-state index in [0.29, 0.717) is 19.6 Å². The molecule has 1 saturated heterocycles. The molecule has 0 radical (unpaired) electrons. The van der Waals surface area contributed by atoms with Gasteiger partial charge in [-0.15, -0.1) is 0 Å². The molecular weight excluding hydrogens is 234 g/mol. The lowest BCUT2D eigenvalue weighted by Crippen LogP contribution is -2.46. The number of amides is 2. The number of carboxylic acid groups (broad SMARTS) is 1. The van der Waals surface area contributed by atoms with Gasteiger partial charge in [0.15, 0.2) is 0 Å². The molecule has 6 nitrogen and oxygen atoms in total. The minimum absolute atomic E-state index is 0.144. The number of carboxylic acids is 1. The van der Waals surface area contributed by atoms with Gasteiger partial charge in [-0.2, -0.15) is 0 Å². The zero-order valence-corrected chi connectivity index (χ0v) is 11.3. The predicted molar refractivity (Wildman–Crippen MR) is 68.6 cm³/mol. The number of likely N-dealkylation sites (N-methyl/N-ethyl adjacent to an activating group) is 1. The molecule has 2 amide bonds. The van der Waals surface area contributed by atoms with E-state index in [-0.39, 0.29) is 12.6 Å². The Hall–Kier alpha value is -1.30. The Morgan fingerprint density at radius 3 is 2.56 bits per heavy atom. The molecule has 18 heavy (non-hydrogen) atoms. The second-order valence-electron chi connectivity index (χ2n) is 4.74. The summed E-state index contributed by atoms with van der Waals surface area (Å²) in [6.45, 7) is 5.45. The maximum absolute atomic E-state index is 12.3. The van der Waals surface area contributed by atoms with Gasteiger partial charge < -0.3 is 19.8 Å². The van der Waals surface area contributed by atoms with Crippen LogP contribution < -0.4 is 0 Å². The Bertz CT molecular complexity index is 296. The smallest absolute Gasteiger partial charge is 0.323 e. The molecule has 1 rings (SSSR count). The molecule has 0 spiro atoms. The molecule has 1 heterocycles. The molecule has 0 saturated carbocycles. The molecule has 0 aromatic carbocycles. The highest BCUT2D eigenvalue weighted by molar-refractivity contribution is 5.80. The molecule has 104 valence electrons. The Morgan fingerprint density at radius 1 is 1.22 bits per heavy atom. The monoisotopic (exact) mass is 257 g/mol. The van der Waals surface area contributed by atoms with E-state index < -0.39 is 5.97 Å². The summed E-state index contributed by atoms with van der Waals surface area (Å²) in [7, 11) is 2.04. The lowest BCUT2D eigenvalue weighted by atomic mass is 10.3. The molecule has 0 unspecified atom stereocenters. The zero-order valence-electron chi connectivity index (χ0n) is 11.3. The standard InChI is InChI=1S/C12H23N3O3/c1-3-5-15(10-11(16)17)12(18)14-7-4-6-13(2)8-9-14/h3-10H2,1-2H3,(H,16,17). The van der Waals surface area contributed by atoms with Crippen LogP contribution in [-0.2, 0) is 4.79 Å². The first-order valence-corrected chi connectivity index (χ1v) is 6.48. The second-order valence-corrected chi connectivity index (χ2v) is 4.74. The number of nitrogens with zero attached hydrogens (tertiary/aromatic N) is 3. The van der Waals surface area contributed by atoms with Gasteiger partial charge in [0.05, 0.1) is 0 Å². The molecule has 0 aliphatic carbocycles. The molecule has 1 N–H and O–H groups in total. The summed E-state index contributed by atoms with van der Waals surface area (Å²) in [5.74, 6) is -0.955. The maximum Gasteiger partial charge on any atom is 0.323 e. The highest BCUT2D eigenvalue weighted by atomic mass is 16.4. The van der Waals surface area contributed by atoms with Crippen molar-refractivity contribution in [3.63, 3.8) is 0 Å². The number of hydrogen-bond acceptors (Lipinski definition) is 3. The van der Waals surface area contributed by atoms with Crippen molar-refractivity contribution in [1.82, 2.24) is 14.7 Å². The molecular formula is C12H23N3O3. The summed E-state index contributed by atoms with van der Waals surface area (Å²) in [5.41, 5.74) is 0. The van der Waals surface area contributed by atoms with Gasteiger partial charge in [-0.25, -0.2) is 4.79 Å². The molecule has 6 heteroatoms. The van der Waals surface area contributed by atoms with Gasteiger partial charge in [-0.05, 0) is 26.4 Å². The van der Waals surface area contributed by atoms with Crippen LogP contribution in [0.5, 0.6) is 0 Å². The quantitative estimate of drug-likeness (QED) is 0.798. The molecule has 1 aliphatic heterocycles. The van der Waals surface area contributed by atoms with Crippen LogP contribution in [0.2, 0.25) is 0 Å². The third kappa shape index (κ3) is 4.52. The van der Waals surface area contributed by atoms with Crippen LogP contribution in [-0.4, -0.2) is 78.1 Å². The van der Waals surface area contributed by atoms with E-state index in [1.54, 1.807) is 4.90 Å². The fraction of sp³-hybridized carbons (Fsp3) is 0.833. The summed E-state index contributed by atoms with van der Waals surface area (Å²) in [4.78, 5) is 28.4.